The SMILES string of the molecule is CCC(C)(C=O)C(OC)c1ccccc1. The van der Waals surface area contributed by atoms with Crippen LogP contribution in [0.15, 0.2) is 30.3 Å². The molecular weight excluding hydrogens is 188 g/mol. The van der Waals surface area contributed by atoms with Gasteiger partial charge in [-0.2, -0.15) is 0 Å². The average Bonchev–Trinajstić information content (AvgIpc) is 2.31. The number of rotatable bonds is 5. The van der Waals surface area contributed by atoms with E-state index in [1.807, 2.05) is 44.2 Å². The predicted molar refractivity (Wildman–Crippen MR) is 60.7 cm³/mol. The molecule has 82 valence electrons. The van der Waals surface area contributed by atoms with Gasteiger partial charge in [-0.15, -0.1) is 0 Å². The van der Waals surface area contributed by atoms with Gasteiger partial charge in [0.1, 0.15) is 6.29 Å². The van der Waals surface area contributed by atoms with Gasteiger partial charge in [0.05, 0.1) is 11.5 Å². The van der Waals surface area contributed by atoms with Crippen LogP contribution in [0.25, 0.3) is 0 Å². The minimum atomic E-state index is -0.448. The summed E-state index contributed by atoms with van der Waals surface area (Å²) in [4.78, 5) is 11.2. The predicted octanol–water partition coefficient (Wildman–Crippen LogP) is 2.99. The van der Waals surface area contributed by atoms with Crippen molar-refractivity contribution < 1.29 is 9.53 Å². The van der Waals surface area contributed by atoms with E-state index in [-0.39, 0.29) is 6.10 Å². The lowest BCUT2D eigenvalue weighted by Gasteiger charge is -2.31. The Kier molecular flexibility index (Phi) is 4.04. The van der Waals surface area contributed by atoms with Gasteiger partial charge < -0.3 is 9.53 Å². The van der Waals surface area contributed by atoms with Gasteiger partial charge >= 0.3 is 0 Å². The second-order valence-corrected chi connectivity index (χ2v) is 4.00. The van der Waals surface area contributed by atoms with Gasteiger partial charge in [0.15, 0.2) is 0 Å². The molecular formula is C13H18O2. The summed E-state index contributed by atoms with van der Waals surface area (Å²) in [6.07, 6.45) is 1.60. The molecule has 2 atom stereocenters. The summed E-state index contributed by atoms with van der Waals surface area (Å²) in [5.41, 5.74) is 0.604. The molecule has 0 aliphatic carbocycles. The molecule has 0 saturated carbocycles. The summed E-state index contributed by atoms with van der Waals surface area (Å²) in [6.45, 7) is 3.94. The molecule has 2 heteroatoms. The van der Waals surface area contributed by atoms with Crippen molar-refractivity contribution in [1.82, 2.24) is 0 Å². The lowest BCUT2D eigenvalue weighted by Crippen LogP contribution is -2.28. The maximum atomic E-state index is 11.2. The monoisotopic (exact) mass is 206 g/mol. The Morgan fingerprint density at radius 3 is 2.40 bits per heavy atom. The number of benzene rings is 1. The Morgan fingerprint density at radius 1 is 1.40 bits per heavy atom. The topological polar surface area (TPSA) is 26.3 Å². The first-order valence-corrected chi connectivity index (χ1v) is 5.22. The molecule has 1 rings (SSSR count). The molecule has 15 heavy (non-hydrogen) atoms. The molecule has 0 amide bonds. The summed E-state index contributed by atoms with van der Waals surface area (Å²) in [6, 6.07) is 9.86. The number of carbonyl (C=O) groups is 1. The molecule has 2 unspecified atom stereocenters. The first-order chi connectivity index (χ1) is 7.18. The molecule has 0 heterocycles. The van der Waals surface area contributed by atoms with E-state index in [4.69, 9.17) is 4.74 Å². The second-order valence-electron chi connectivity index (χ2n) is 4.00. The summed E-state index contributed by atoms with van der Waals surface area (Å²) in [5, 5.41) is 0. The van der Waals surface area contributed by atoms with Crippen molar-refractivity contribution in [3.63, 3.8) is 0 Å². The first kappa shape index (κ1) is 11.9. The third kappa shape index (κ3) is 2.45. The summed E-state index contributed by atoms with van der Waals surface area (Å²) in [5.74, 6) is 0. The molecule has 0 aromatic heterocycles. The molecule has 0 fully saturated rings. The Labute approximate surface area is 91.3 Å². The van der Waals surface area contributed by atoms with Crippen molar-refractivity contribution in [2.24, 2.45) is 5.41 Å². The van der Waals surface area contributed by atoms with Crippen LogP contribution in [0.3, 0.4) is 0 Å². The van der Waals surface area contributed by atoms with Crippen LogP contribution in [0, 0.1) is 5.41 Å². The molecule has 1 aromatic rings. The Hall–Kier alpha value is -1.15. The van der Waals surface area contributed by atoms with Crippen molar-refractivity contribution in [3.8, 4) is 0 Å². The van der Waals surface area contributed by atoms with Crippen LogP contribution >= 0.6 is 0 Å². The van der Waals surface area contributed by atoms with Crippen molar-refractivity contribution in [2.75, 3.05) is 7.11 Å². The van der Waals surface area contributed by atoms with Crippen molar-refractivity contribution >= 4 is 6.29 Å². The van der Waals surface area contributed by atoms with Crippen LogP contribution in [0.1, 0.15) is 31.9 Å². The first-order valence-electron chi connectivity index (χ1n) is 5.22. The van der Waals surface area contributed by atoms with Gasteiger partial charge in [-0.3, -0.25) is 0 Å². The molecule has 0 N–H and O–H groups in total. The summed E-state index contributed by atoms with van der Waals surface area (Å²) >= 11 is 0. The molecule has 1 aromatic carbocycles. The van der Waals surface area contributed by atoms with Gasteiger partial charge in [-0.1, -0.05) is 44.2 Å². The number of ether oxygens (including phenoxy) is 1. The maximum absolute atomic E-state index is 11.2. The molecule has 0 aliphatic rings. The van der Waals surface area contributed by atoms with Gasteiger partial charge in [-0.25, -0.2) is 0 Å². The van der Waals surface area contributed by atoms with E-state index >= 15 is 0 Å². The van der Waals surface area contributed by atoms with Crippen LogP contribution in [-0.4, -0.2) is 13.4 Å². The van der Waals surface area contributed by atoms with Crippen LogP contribution < -0.4 is 0 Å². The Morgan fingerprint density at radius 2 is 2.00 bits per heavy atom. The van der Waals surface area contributed by atoms with Gasteiger partial charge in [0, 0.05) is 7.11 Å². The van der Waals surface area contributed by atoms with Gasteiger partial charge in [0.25, 0.3) is 0 Å². The number of carbonyl (C=O) groups excluding carboxylic acids is 1. The minimum absolute atomic E-state index is 0.166. The quantitative estimate of drug-likeness (QED) is 0.692. The fourth-order valence-electron chi connectivity index (χ4n) is 1.74. The van der Waals surface area contributed by atoms with E-state index in [1.54, 1.807) is 7.11 Å². The number of methoxy groups -OCH3 is 1. The Bertz CT molecular complexity index is 308. The zero-order valence-electron chi connectivity index (χ0n) is 9.57. The summed E-state index contributed by atoms with van der Waals surface area (Å²) < 4.78 is 5.45. The molecule has 0 saturated heterocycles. The Balaban J connectivity index is 3.03. The third-order valence-corrected chi connectivity index (χ3v) is 2.97. The van der Waals surface area contributed by atoms with Crippen LogP contribution in [0.2, 0.25) is 0 Å². The van der Waals surface area contributed by atoms with E-state index in [9.17, 15) is 4.79 Å². The van der Waals surface area contributed by atoms with Crippen molar-refractivity contribution in [3.05, 3.63) is 35.9 Å². The highest BCUT2D eigenvalue weighted by atomic mass is 16.5. The van der Waals surface area contributed by atoms with Crippen LogP contribution in [0.5, 0.6) is 0 Å². The van der Waals surface area contributed by atoms with E-state index < -0.39 is 5.41 Å². The van der Waals surface area contributed by atoms with Gasteiger partial charge in [-0.05, 0) is 12.0 Å². The molecule has 0 bridgehead atoms. The fraction of sp³-hybridized carbons (Fsp3) is 0.462. The highest BCUT2D eigenvalue weighted by Crippen LogP contribution is 2.37. The largest absolute Gasteiger partial charge is 0.376 e. The number of hydrogen-bond acceptors (Lipinski definition) is 2. The molecule has 0 radical (unpaired) electrons. The zero-order chi connectivity index (χ0) is 11.3. The van der Waals surface area contributed by atoms with E-state index in [1.165, 1.54) is 0 Å². The average molecular weight is 206 g/mol. The molecule has 2 nitrogen and oxygen atoms in total. The molecule has 0 aliphatic heterocycles. The van der Waals surface area contributed by atoms with Gasteiger partial charge in [0.2, 0.25) is 0 Å². The highest BCUT2D eigenvalue weighted by molar-refractivity contribution is 5.60. The number of hydrogen-bond donors (Lipinski definition) is 0. The standard InChI is InChI=1S/C13H18O2/c1-4-13(2,10-14)12(15-3)11-8-6-5-7-9-11/h5-10,12H,4H2,1-3H3. The fourth-order valence-corrected chi connectivity index (χ4v) is 1.74. The highest BCUT2D eigenvalue weighted by Gasteiger charge is 2.33. The van der Waals surface area contributed by atoms with E-state index in [2.05, 4.69) is 0 Å². The second kappa shape index (κ2) is 5.08. The zero-order valence-corrected chi connectivity index (χ0v) is 9.57. The lowest BCUT2D eigenvalue weighted by molar-refractivity contribution is -0.123. The van der Waals surface area contributed by atoms with Crippen LogP contribution in [-0.2, 0) is 9.53 Å². The lowest BCUT2D eigenvalue weighted by atomic mass is 9.80. The van der Waals surface area contributed by atoms with E-state index in [0.717, 1.165) is 18.3 Å². The minimum Gasteiger partial charge on any atom is -0.376 e. The summed E-state index contributed by atoms with van der Waals surface area (Å²) in [7, 11) is 1.65. The van der Waals surface area contributed by atoms with E-state index in [0.29, 0.717) is 0 Å². The third-order valence-electron chi connectivity index (χ3n) is 2.97. The van der Waals surface area contributed by atoms with Crippen molar-refractivity contribution in [1.29, 1.82) is 0 Å². The number of aldehydes is 1. The maximum Gasteiger partial charge on any atom is 0.128 e. The molecule has 0 spiro atoms. The normalized spacial score (nSPS) is 16.7. The smallest absolute Gasteiger partial charge is 0.128 e. The van der Waals surface area contributed by atoms with Crippen LogP contribution in [0.4, 0.5) is 0 Å². The van der Waals surface area contributed by atoms with Crippen molar-refractivity contribution in [2.45, 2.75) is 26.4 Å².